The van der Waals surface area contributed by atoms with Gasteiger partial charge in [0.05, 0.1) is 0 Å². The Labute approximate surface area is 80.2 Å². The fourth-order valence-corrected chi connectivity index (χ4v) is 2.73. The molecule has 1 unspecified atom stereocenters. The average Bonchev–Trinajstić information content (AvgIpc) is 2.46. The lowest BCUT2D eigenvalue weighted by molar-refractivity contribution is 0.0700. The molecule has 3 nitrogen and oxygen atoms in total. The minimum Gasteiger partial charge on any atom is -0.477 e. The number of carbonyl (C=O) groups is 1. The molecule has 1 aromatic heterocycles. The summed E-state index contributed by atoms with van der Waals surface area (Å²) in [7, 11) is 0. The van der Waals surface area contributed by atoms with E-state index in [9.17, 15) is 4.79 Å². The molecule has 1 aromatic rings. The molecule has 0 spiro atoms. The average molecular weight is 197 g/mol. The fourth-order valence-electron chi connectivity index (χ4n) is 1.76. The molecule has 0 saturated carbocycles. The second kappa shape index (κ2) is 3.12. The summed E-state index contributed by atoms with van der Waals surface area (Å²) < 4.78 is 0. The van der Waals surface area contributed by atoms with Crippen molar-refractivity contribution in [3.8, 4) is 0 Å². The van der Waals surface area contributed by atoms with Gasteiger partial charge in [-0.15, -0.1) is 11.3 Å². The molecule has 13 heavy (non-hydrogen) atoms. The van der Waals surface area contributed by atoms with Crippen LogP contribution in [0.5, 0.6) is 0 Å². The van der Waals surface area contributed by atoms with Crippen LogP contribution < -0.4 is 5.73 Å². The van der Waals surface area contributed by atoms with Crippen LogP contribution in [-0.2, 0) is 12.8 Å². The smallest absolute Gasteiger partial charge is 0.346 e. The number of aromatic carboxylic acids is 1. The molecule has 4 heteroatoms. The number of nitrogens with two attached hydrogens (primary N) is 1. The molecule has 1 aliphatic rings. The highest BCUT2D eigenvalue weighted by Gasteiger charge is 2.22. The highest BCUT2D eigenvalue weighted by molar-refractivity contribution is 7.12. The van der Waals surface area contributed by atoms with Crippen LogP contribution >= 0.6 is 11.3 Å². The minimum atomic E-state index is -0.804. The number of hydrogen-bond acceptors (Lipinski definition) is 3. The summed E-state index contributed by atoms with van der Waals surface area (Å²) in [6.45, 7) is 0. The SMILES string of the molecule is NC1CCc2c(csc2C(=O)O)C1. The third-order valence-corrected chi connectivity index (χ3v) is 3.48. The number of carboxylic acids is 1. The molecule has 1 heterocycles. The second-order valence-electron chi connectivity index (χ2n) is 3.38. The van der Waals surface area contributed by atoms with Gasteiger partial charge in [-0.25, -0.2) is 4.79 Å². The Kier molecular flexibility index (Phi) is 2.09. The fraction of sp³-hybridized carbons (Fsp3) is 0.444. The first-order valence-corrected chi connectivity index (χ1v) is 5.14. The number of carboxylic acid groups (broad SMARTS) is 1. The van der Waals surface area contributed by atoms with E-state index in [0.29, 0.717) is 4.88 Å². The summed E-state index contributed by atoms with van der Waals surface area (Å²) in [6.07, 6.45) is 2.56. The summed E-state index contributed by atoms with van der Waals surface area (Å²) in [5.74, 6) is -0.804. The van der Waals surface area contributed by atoms with Gasteiger partial charge in [0.2, 0.25) is 0 Å². The molecule has 0 amide bonds. The van der Waals surface area contributed by atoms with Crippen molar-refractivity contribution in [2.75, 3.05) is 0 Å². The van der Waals surface area contributed by atoms with Gasteiger partial charge >= 0.3 is 5.97 Å². The second-order valence-corrected chi connectivity index (χ2v) is 4.26. The van der Waals surface area contributed by atoms with Crippen LogP contribution in [0.15, 0.2) is 5.38 Å². The van der Waals surface area contributed by atoms with E-state index in [1.54, 1.807) is 0 Å². The Bertz CT molecular complexity index is 345. The van der Waals surface area contributed by atoms with Crippen molar-refractivity contribution in [2.24, 2.45) is 5.73 Å². The van der Waals surface area contributed by atoms with Gasteiger partial charge in [-0.05, 0) is 35.8 Å². The first-order valence-electron chi connectivity index (χ1n) is 4.26. The van der Waals surface area contributed by atoms with E-state index in [4.69, 9.17) is 10.8 Å². The van der Waals surface area contributed by atoms with E-state index < -0.39 is 5.97 Å². The quantitative estimate of drug-likeness (QED) is 0.712. The Morgan fingerprint density at radius 3 is 3.15 bits per heavy atom. The zero-order valence-corrected chi connectivity index (χ0v) is 7.93. The summed E-state index contributed by atoms with van der Waals surface area (Å²) in [6, 6.07) is 0.212. The molecule has 2 rings (SSSR count). The van der Waals surface area contributed by atoms with Crippen molar-refractivity contribution in [3.63, 3.8) is 0 Å². The molecule has 0 aromatic carbocycles. The third kappa shape index (κ3) is 1.47. The van der Waals surface area contributed by atoms with E-state index in [1.807, 2.05) is 5.38 Å². The van der Waals surface area contributed by atoms with E-state index >= 15 is 0 Å². The topological polar surface area (TPSA) is 63.3 Å². The molecule has 70 valence electrons. The standard InChI is InChI=1S/C9H11NO2S/c10-6-1-2-7-5(3-6)4-13-8(7)9(11)12/h4,6H,1-3,10H2,(H,11,12). The van der Waals surface area contributed by atoms with Crippen LogP contribution in [0.3, 0.4) is 0 Å². The van der Waals surface area contributed by atoms with Gasteiger partial charge in [0.25, 0.3) is 0 Å². The predicted octanol–water partition coefficient (Wildman–Crippen LogP) is 1.26. The van der Waals surface area contributed by atoms with Gasteiger partial charge < -0.3 is 10.8 Å². The largest absolute Gasteiger partial charge is 0.477 e. The van der Waals surface area contributed by atoms with Crippen molar-refractivity contribution in [3.05, 3.63) is 21.4 Å². The first kappa shape index (κ1) is 8.72. The highest BCUT2D eigenvalue weighted by atomic mass is 32.1. The third-order valence-electron chi connectivity index (χ3n) is 2.42. The molecule has 1 atom stereocenters. The molecule has 0 radical (unpaired) electrons. The van der Waals surface area contributed by atoms with Crippen LogP contribution in [0, 0.1) is 0 Å². The van der Waals surface area contributed by atoms with E-state index in [0.717, 1.165) is 30.4 Å². The van der Waals surface area contributed by atoms with Gasteiger partial charge in [0, 0.05) is 6.04 Å². The molecule has 1 aliphatic carbocycles. The van der Waals surface area contributed by atoms with E-state index in [2.05, 4.69) is 0 Å². The zero-order valence-electron chi connectivity index (χ0n) is 7.12. The summed E-state index contributed by atoms with van der Waals surface area (Å²) in [4.78, 5) is 11.3. The van der Waals surface area contributed by atoms with E-state index in [-0.39, 0.29) is 6.04 Å². The van der Waals surface area contributed by atoms with Crippen LogP contribution in [-0.4, -0.2) is 17.1 Å². The van der Waals surface area contributed by atoms with Gasteiger partial charge in [0.1, 0.15) is 4.88 Å². The predicted molar refractivity (Wildman–Crippen MR) is 51.3 cm³/mol. The lowest BCUT2D eigenvalue weighted by atomic mass is 9.90. The molecular formula is C9H11NO2S. The maximum atomic E-state index is 10.8. The van der Waals surface area contributed by atoms with Crippen molar-refractivity contribution in [1.29, 1.82) is 0 Å². The maximum absolute atomic E-state index is 10.8. The van der Waals surface area contributed by atoms with Gasteiger partial charge in [-0.2, -0.15) is 0 Å². The normalized spacial score (nSPS) is 21.2. The summed E-state index contributed by atoms with van der Waals surface area (Å²) in [5.41, 5.74) is 7.95. The number of hydrogen-bond donors (Lipinski definition) is 2. The highest BCUT2D eigenvalue weighted by Crippen LogP contribution is 2.29. The lowest BCUT2D eigenvalue weighted by Gasteiger charge is -2.18. The number of rotatable bonds is 1. The van der Waals surface area contributed by atoms with Crippen LogP contribution in [0.1, 0.15) is 27.2 Å². The molecule has 0 saturated heterocycles. The van der Waals surface area contributed by atoms with E-state index in [1.165, 1.54) is 11.3 Å². The van der Waals surface area contributed by atoms with Crippen molar-refractivity contribution >= 4 is 17.3 Å². The maximum Gasteiger partial charge on any atom is 0.346 e. The molecule has 0 aliphatic heterocycles. The summed E-state index contributed by atoms with van der Waals surface area (Å²) in [5, 5.41) is 10.8. The molecule has 0 fully saturated rings. The zero-order chi connectivity index (χ0) is 9.42. The number of fused-ring (bicyclic) bond motifs is 1. The monoisotopic (exact) mass is 197 g/mol. The van der Waals surface area contributed by atoms with Crippen LogP contribution in [0.4, 0.5) is 0 Å². The lowest BCUT2D eigenvalue weighted by Crippen LogP contribution is -2.27. The Morgan fingerprint density at radius 1 is 1.69 bits per heavy atom. The van der Waals surface area contributed by atoms with Crippen molar-refractivity contribution in [1.82, 2.24) is 0 Å². The Morgan fingerprint density at radius 2 is 2.46 bits per heavy atom. The van der Waals surface area contributed by atoms with Crippen molar-refractivity contribution in [2.45, 2.75) is 25.3 Å². The minimum absolute atomic E-state index is 0.212. The van der Waals surface area contributed by atoms with Crippen LogP contribution in [0.2, 0.25) is 0 Å². The Hall–Kier alpha value is -0.870. The van der Waals surface area contributed by atoms with Crippen molar-refractivity contribution < 1.29 is 9.90 Å². The molecular weight excluding hydrogens is 186 g/mol. The summed E-state index contributed by atoms with van der Waals surface area (Å²) >= 11 is 1.32. The Balaban J connectivity index is 2.39. The van der Waals surface area contributed by atoms with Gasteiger partial charge in [0.15, 0.2) is 0 Å². The van der Waals surface area contributed by atoms with Gasteiger partial charge in [-0.1, -0.05) is 0 Å². The number of thiophene rings is 1. The van der Waals surface area contributed by atoms with Crippen LogP contribution in [0.25, 0.3) is 0 Å². The first-order chi connectivity index (χ1) is 6.18. The molecule has 0 bridgehead atoms. The molecule has 3 N–H and O–H groups in total. The van der Waals surface area contributed by atoms with Gasteiger partial charge in [-0.3, -0.25) is 0 Å².